The van der Waals surface area contributed by atoms with Gasteiger partial charge >= 0.3 is 11.9 Å². The van der Waals surface area contributed by atoms with Crippen LogP contribution in [0.2, 0.25) is 0 Å². The summed E-state index contributed by atoms with van der Waals surface area (Å²) < 4.78 is 58.5. The van der Waals surface area contributed by atoms with Crippen LogP contribution in [-0.4, -0.2) is 141 Å². The van der Waals surface area contributed by atoms with E-state index in [2.05, 4.69) is 46.4 Å². The molecule has 16 heteroatoms. The molecule has 5 N–H and O–H groups in total. The number of fused-ring (bicyclic) bond motifs is 1. The molecule has 0 aromatic rings. The summed E-state index contributed by atoms with van der Waals surface area (Å²) in [6.07, 6.45) is 30.2. The van der Waals surface area contributed by atoms with E-state index in [0.717, 1.165) is 70.0 Å². The van der Waals surface area contributed by atoms with Crippen molar-refractivity contribution in [2.45, 2.75) is 337 Å². The van der Waals surface area contributed by atoms with Gasteiger partial charge in [0, 0.05) is 44.4 Å². The molecule has 1 unspecified atom stereocenters. The van der Waals surface area contributed by atoms with Gasteiger partial charge in [-0.2, -0.15) is 0 Å². The quantitative estimate of drug-likeness (QED) is 0.0183. The van der Waals surface area contributed by atoms with Crippen LogP contribution in [-0.2, 0) is 52.2 Å². The Labute approximate surface area is 504 Å². The lowest BCUT2D eigenvalue weighted by atomic mass is 9.79. The second-order valence-corrected chi connectivity index (χ2v) is 26.9. The fourth-order valence-electron chi connectivity index (χ4n) is 14.2. The van der Waals surface area contributed by atoms with Crippen molar-refractivity contribution < 1.29 is 77.8 Å². The number of allylic oxidation sites excluding steroid dienone is 1. The molecule has 0 aliphatic carbocycles. The summed E-state index contributed by atoms with van der Waals surface area (Å²) in [6, 6.07) is 0. The first kappa shape index (κ1) is 68.9. The molecule has 480 valence electrons. The summed E-state index contributed by atoms with van der Waals surface area (Å²) in [5.74, 6) is -3.80. The molecule has 84 heavy (non-hydrogen) atoms. The third-order valence-electron chi connectivity index (χ3n) is 19.3. The highest BCUT2D eigenvalue weighted by molar-refractivity contribution is 5.79. The molecule has 7 aliphatic rings. The third kappa shape index (κ3) is 19.7. The maximum Gasteiger partial charge on any atom is 0.342 e. The lowest BCUT2D eigenvalue weighted by molar-refractivity contribution is -0.322. The molecule has 18 atom stereocenters. The number of esters is 2. The molecule has 6 fully saturated rings. The van der Waals surface area contributed by atoms with Crippen molar-refractivity contribution in [1.29, 1.82) is 0 Å². The van der Waals surface area contributed by atoms with Crippen LogP contribution in [0.25, 0.3) is 0 Å². The van der Waals surface area contributed by atoms with Gasteiger partial charge in [-0.15, -0.1) is 0 Å². The van der Waals surface area contributed by atoms with Crippen LogP contribution < -0.4 is 0 Å². The Morgan fingerprint density at radius 1 is 0.845 bits per heavy atom. The Bertz CT molecular complexity index is 2100. The van der Waals surface area contributed by atoms with E-state index in [4.69, 9.17) is 47.7 Å². The smallest absolute Gasteiger partial charge is 0.342 e. The topological polar surface area (TPSA) is 218 Å². The van der Waals surface area contributed by atoms with E-state index < -0.39 is 77.8 Å². The number of aliphatic hydroxyl groups excluding tert-OH is 4. The van der Waals surface area contributed by atoms with Crippen molar-refractivity contribution in [1.82, 2.24) is 0 Å². The Balaban J connectivity index is 0.922. The van der Waals surface area contributed by atoms with E-state index in [1.54, 1.807) is 6.08 Å². The molecule has 0 radical (unpaired) electrons. The molecule has 0 amide bonds. The van der Waals surface area contributed by atoms with E-state index in [-0.39, 0.29) is 49.1 Å². The van der Waals surface area contributed by atoms with Crippen molar-refractivity contribution in [3.63, 3.8) is 0 Å². The molecule has 0 aromatic heterocycles. The van der Waals surface area contributed by atoms with Gasteiger partial charge in [-0.05, 0) is 127 Å². The average molecular weight is 1190 g/mol. The lowest BCUT2D eigenvalue weighted by Gasteiger charge is -2.50. The lowest BCUT2D eigenvalue weighted by Crippen LogP contribution is -2.60. The molecular weight excluding hydrogens is 1070 g/mol. The molecule has 0 aromatic carbocycles. The second kappa shape index (κ2) is 33.3. The number of hydrogen-bond acceptors (Lipinski definition) is 16. The largest absolute Gasteiger partial charge is 0.456 e. The van der Waals surface area contributed by atoms with Gasteiger partial charge in [-0.3, -0.25) is 4.79 Å². The minimum Gasteiger partial charge on any atom is -0.456 e. The van der Waals surface area contributed by atoms with Crippen LogP contribution in [0.1, 0.15) is 247 Å². The summed E-state index contributed by atoms with van der Waals surface area (Å²) >= 11 is 0. The van der Waals surface area contributed by atoms with Gasteiger partial charge in [0.2, 0.25) is 5.79 Å². The summed E-state index contributed by atoms with van der Waals surface area (Å²) in [5, 5.41) is 53.7. The number of unbranched alkanes of at least 4 members (excludes halogenated alkanes) is 14. The van der Waals surface area contributed by atoms with Crippen LogP contribution >= 0.6 is 0 Å². The Kier molecular flexibility index (Phi) is 27.3. The SMILES string of the molecule is C=C1[C@@H](O)[C@@H]2O[C@]3(CC[C@H](/C=C/[C@@H](C)[C@@H]4CC(C)=C[C@@]5(O[C@H](C[C@@](C)(O)C(=O)O/C=C/CCCCC(O)CO)CC[C@H]5OC(=O)CCCCCCCCCCCCCCC)O4)O3)CC[C@H]2O[C@@H]1[C@@H](O)C[C@H](C)[C@H]1O[C@@]2(CCCCO2)CC[C@H]1C. The normalized spacial score (nSPS) is 35.0. The summed E-state index contributed by atoms with van der Waals surface area (Å²) in [6.45, 7) is 16.8. The predicted molar refractivity (Wildman–Crippen MR) is 321 cm³/mol. The molecule has 0 bridgehead atoms. The van der Waals surface area contributed by atoms with Crippen molar-refractivity contribution in [3.8, 4) is 0 Å². The van der Waals surface area contributed by atoms with Crippen LogP contribution in [0.15, 0.2) is 48.3 Å². The Morgan fingerprint density at radius 3 is 2.25 bits per heavy atom. The molecule has 16 nitrogen and oxygen atoms in total. The molecular formula is C68H112O16. The van der Waals surface area contributed by atoms with E-state index in [1.165, 1.54) is 77.4 Å². The molecule has 0 saturated carbocycles. The fraction of sp³-hybridized carbons (Fsp3) is 0.853. The molecule has 7 aliphatic heterocycles. The van der Waals surface area contributed by atoms with E-state index in [0.29, 0.717) is 88.5 Å². The molecule has 3 spiro atoms. The number of ether oxygens (including phenoxy) is 9. The number of carbonyl (C=O) groups is 2. The van der Waals surface area contributed by atoms with Gasteiger partial charge < -0.3 is 68.2 Å². The van der Waals surface area contributed by atoms with Gasteiger partial charge in [0.15, 0.2) is 23.3 Å². The highest BCUT2D eigenvalue weighted by atomic mass is 16.7. The fourth-order valence-corrected chi connectivity index (χ4v) is 14.2. The zero-order chi connectivity index (χ0) is 60.3. The van der Waals surface area contributed by atoms with Crippen molar-refractivity contribution >= 4 is 11.9 Å². The average Bonchev–Trinajstić information content (AvgIpc) is 1.53. The van der Waals surface area contributed by atoms with Crippen LogP contribution in [0.5, 0.6) is 0 Å². The van der Waals surface area contributed by atoms with Crippen LogP contribution in [0.3, 0.4) is 0 Å². The van der Waals surface area contributed by atoms with E-state index in [1.807, 2.05) is 13.0 Å². The summed E-state index contributed by atoms with van der Waals surface area (Å²) in [7, 11) is 0. The highest BCUT2D eigenvalue weighted by Crippen LogP contribution is 2.48. The summed E-state index contributed by atoms with van der Waals surface area (Å²) in [5.41, 5.74) is -0.488. The standard InChI is InChI=1S/C68H112O16/c1-8-9-10-11-12-13-14-15-16-17-18-19-23-28-59(72)79-58-32-31-54(45-65(7,75)64(74)76-40-25-21-20-22-27-52(70)46-69)81-68(58)44-47(2)42-57(82-68)48(3)29-30-53-34-38-67(80-53)39-35-56-63(84-67)60(73)51(6)62(78-56)55(71)43-50(5)61-49(4)33-37-66(83-61)36-24-26-41-77-66/h25,29-30,40,44,48-50,52-58,60-63,69-71,73,75H,6,8-24,26-28,31-39,41-43,45-46H2,1-5,7H3/b30-29+,40-25+/t48-,49-,50+,52?,53+,54+,55+,56-,57+,58-,60-,61+,62+,63-,65-,66+,67-,68-/m1/s1. The zero-order valence-electron chi connectivity index (χ0n) is 52.4. The van der Waals surface area contributed by atoms with Gasteiger partial charge in [0.1, 0.15) is 18.3 Å². The minimum atomic E-state index is -1.90. The highest BCUT2D eigenvalue weighted by Gasteiger charge is 2.56. The van der Waals surface area contributed by atoms with Gasteiger partial charge in [0.25, 0.3) is 0 Å². The van der Waals surface area contributed by atoms with Crippen molar-refractivity contribution in [3.05, 3.63) is 48.3 Å². The first-order chi connectivity index (χ1) is 40.3. The third-order valence-corrected chi connectivity index (χ3v) is 19.3. The van der Waals surface area contributed by atoms with E-state index >= 15 is 0 Å². The second-order valence-electron chi connectivity index (χ2n) is 26.9. The number of carbonyl (C=O) groups excluding carboxylic acids is 2. The van der Waals surface area contributed by atoms with Gasteiger partial charge in [-0.25, -0.2) is 4.79 Å². The maximum atomic E-state index is 13.7. The first-order valence-electron chi connectivity index (χ1n) is 33.5. The van der Waals surface area contributed by atoms with Crippen molar-refractivity contribution in [2.24, 2.45) is 17.8 Å². The van der Waals surface area contributed by atoms with Crippen molar-refractivity contribution in [2.75, 3.05) is 13.2 Å². The number of hydrogen-bond donors (Lipinski definition) is 5. The first-order valence-corrected chi connectivity index (χ1v) is 33.5. The molecule has 7 rings (SSSR count). The Hall–Kier alpha value is -2.58. The van der Waals surface area contributed by atoms with Crippen LogP contribution in [0.4, 0.5) is 0 Å². The van der Waals surface area contributed by atoms with Gasteiger partial charge in [-0.1, -0.05) is 135 Å². The zero-order valence-corrected chi connectivity index (χ0v) is 52.4. The summed E-state index contributed by atoms with van der Waals surface area (Å²) in [4.78, 5) is 27.0. The molecule has 6 saturated heterocycles. The van der Waals surface area contributed by atoms with E-state index in [9.17, 15) is 30.0 Å². The Morgan fingerprint density at radius 2 is 1.55 bits per heavy atom. The van der Waals surface area contributed by atoms with Crippen LogP contribution in [0, 0.1) is 17.8 Å². The monoisotopic (exact) mass is 1180 g/mol. The molecule has 7 heterocycles. The minimum absolute atomic E-state index is 0.0318. The maximum absolute atomic E-state index is 13.7. The number of aliphatic hydroxyl groups is 5. The number of rotatable bonds is 32. The predicted octanol–water partition coefficient (Wildman–Crippen LogP) is 12.1. The van der Waals surface area contributed by atoms with Gasteiger partial charge in [0.05, 0.1) is 62.2 Å².